The number of hydrogen-bond donors (Lipinski definition) is 1. The zero-order valence-electron chi connectivity index (χ0n) is 15.7. The maximum absolute atomic E-state index is 4.88. The van der Waals surface area contributed by atoms with Gasteiger partial charge in [0.25, 0.3) is 0 Å². The Morgan fingerprint density at radius 2 is 1.93 bits per heavy atom. The first-order valence-electron chi connectivity index (χ1n) is 9.61. The SMILES string of the molecule is CC1CCCN(c2nc(NCc3ccccn3)cc(-c3ccccc3)n2)C1. The fourth-order valence-corrected chi connectivity index (χ4v) is 3.48. The van der Waals surface area contributed by atoms with Crippen LogP contribution in [0.3, 0.4) is 0 Å². The van der Waals surface area contributed by atoms with Gasteiger partial charge in [0.2, 0.25) is 5.95 Å². The first-order valence-corrected chi connectivity index (χ1v) is 9.61. The lowest BCUT2D eigenvalue weighted by molar-refractivity contribution is 0.442. The van der Waals surface area contributed by atoms with E-state index in [0.717, 1.165) is 41.8 Å². The van der Waals surface area contributed by atoms with Crippen molar-refractivity contribution in [3.05, 3.63) is 66.5 Å². The number of nitrogens with zero attached hydrogens (tertiary/aromatic N) is 4. The Balaban J connectivity index is 1.63. The summed E-state index contributed by atoms with van der Waals surface area (Å²) in [5.74, 6) is 2.32. The van der Waals surface area contributed by atoms with Crippen molar-refractivity contribution in [2.45, 2.75) is 26.3 Å². The van der Waals surface area contributed by atoms with E-state index in [1.165, 1.54) is 12.8 Å². The highest BCUT2D eigenvalue weighted by molar-refractivity contribution is 5.64. The number of benzene rings is 1. The highest BCUT2D eigenvalue weighted by atomic mass is 15.3. The maximum atomic E-state index is 4.88. The molecular formula is C22H25N5. The third kappa shape index (κ3) is 4.42. The van der Waals surface area contributed by atoms with Crippen molar-refractivity contribution in [1.82, 2.24) is 15.0 Å². The van der Waals surface area contributed by atoms with Crippen molar-refractivity contribution in [2.24, 2.45) is 5.92 Å². The molecule has 1 fully saturated rings. The van der Waals surface area contributed by atoms with Crippen LogP contribution in [-0.4, -0.2) is 28.0 Å². The van der Waals surface area contributed by atoms with Crippen LogP contribution in [0.25, 0.3) is 11.3 Å². The lowest BCUT2D eigenvalue weighted by Crippen LogP contribution is -2.35. The summed E-state index contributed by atoms with van der Waals surface area (Å²) in [6.45, 7) is 4.97. The van der Waals surface area contributed by atoms with E-state index in [9.17, 15) is 0 Å². The molecule has 0 amide bonds. The summed E-state index contributed by atoms with van der Waals surface area (Å²) in [5.41, 5.74) is 3.04. The van der Waals surface area contributed by atoms with Gasteiger partial charge in [-0.25, -0.2) is 4.98 Å². The van der Waals surface area contributed by atoms with E-state index in [4.69, 9.17) is 9.97 Å². The summed E-state index contributed by atoms with van der Waals surface area (Å²) in [6, 6.07) is 18.3. The minimum atomic E-state index is 0.641. The topological polar surface area (TPSA) is 53.9 Å². The second-order valence-electron chi connectivity index (χ2n) is 7.17. The molecule has 1 aliphatic rings. The third-order valence-electron chi connectivity index (χ3n) is 4.90. The maximum Gasteiger partial charge on any atom is 0.227 e. The van der Waals surface area contributed by atoms with Crippen LogP contribution in [0.5, 0.6) is 0 Å². The van der Waals surface area contributed by atoms with Crippen LogP contribution in [-0.2, 0) is 6.54 Å². The molecule has 3 heterocycles. The molecule has 1 unspecified atom stereocenters. The van der Waals surface area contributed by atoms with Crippen molar-refractivity contribution in [3.8, 4) is 11.3 Å². The number of anilines is 2. The lowest BCUT2D eigenvalue weighted by Gasteiger charge is -2.31. The van der Waals surface area contributed by atoms with Crippen molar-refractivity contribution in [2.75, 3.05) is 23.3 Å². The number of pyridine rings is 1. The number of rotatable bonds is 5. The standard InChI is InChI=1S/C22H25N5/c1-17-8-7-13-27(16-17)22-25-20(18-9-3-2-4-10-18)14-21(26-22)24-15-19-11-5-6-12-23-19/h2-6,9-12,14,17H,7-8,13,15-16H2,1H3,(H,24,25,26). The van der Waals surface area contributed by atoms with E-state index >= 15 is 0 Å². The van der Waals surface area contributed by atoms with Gasteiger partial charge in [-0.1, -0.05) is 43.3 Å². The lowest BCUT2D eigenvalue weighted by atomic mass is 10.0. The highest BCUT2D eigenvalue weighted by Crippen LogP contribution is 2.26. The molecular weight excluding hydrogens is 334 g/mol. The van der Waals surface area contributed by atoms with Crippen LogP contribution in [0.2, 0.25) is 0 Å². The van der Waals surface area contributed by atoms with Crippen LogP contribution in [0, 0.1) is 5.92 Å². The van der Waals surface area contributed by atoms with Crippen LogP contribution >= 0.6 is 0 Å². The molecule has 1 aromatic carbocycles. The molecule has 1 aliphatic heterocycles. The van der Waals surface area contributed by atoms with Gasteiger partial charge >= 0.3 is 0 Å². The summed E-state index contributed by atoms with van der Waals surface area (Å²) >= 11 is 0. The molecule has 0 saturated carbocycles. The van der Waals surface area contributed by atoms with Gasteiger partial charge in [-0.3, -0.25) is 4.98 Å². The van der Waals surface area contributed by atoms with Gasteiger partial charge in [0.15, 0.2) is 0 Å². The number of nitrogens with one attached hydrogen (secondary N) is 1. The molecule has 1 atom stereocenters. The fraction of sp³-hybridized carbons (Fsp3) is 0.318. The van der Waals surface area contributed by atoms with Gasteiger partial charge in [-0.2, -0.15) is 4.98 Å². The van der Waals surface area contributed by atoms with Crippen molar-refractivity contribution in [1.29, 1.82) is 0 Å². The molecule has 0 spiro atoms. The Morgan fingerprint density at radius 3 is 2.70 bits per heavy atom. The largest absolute Gasteiger partial charge is 0.364 e. The van der Waals surface area contributed by atoms with Crippen LogP contribution in [0.15, 0.2) is 60.8 Å². The predicted molar refractivity (Wildman–Crippen MR) is 110 cm³/mol. The molecule has 5 heteroatoms. The summed E-state index contributed by atoms with van der Waals surface area (Å²) in [7, 11) is 0. The van der Waals surface area contributed by atoms with E-state index in [2.05, 4.69) is 34.3 Å². The predicted octanol–water partition coefficient (Wildman–Crippen LogP) is 4.39. The van der Waals surface area contributed by atoms with Crippen LogP contribution in [0.1, 0.15) is 25.5 Å². The molecule has 5 nitrogen and oxygen atoms in total. The van der Waals surface area contributed by atoms with Crippen LogP contribution in [0.4, 0.5) is 11.8 Å². The van der Waals surface area contributed by atoms with Crippen molar-refractivity contribution < 1.29 is 0 Å². The number of piperidine rings is 1. The van der Waals surface area contributed by atoms with Gasteiger partial charge in [-0.05, 0) is 30.9 Å². The number of aromatic nitrogens is 3. The van der Waals surface area contributed by atoms with Gasteiger partial charge in [0.05, 0.1) is 17.9 Å². The van der Waals surface area contributed by atoms with Gasteiger partial charge in [0, 0.05) is 30.9 Å². The van der Waals surface area contributed by atoms with E-state index in [-0.39, 0.29) is 0 Å². The summed E-state index contributed by atoms with van der Waals surface area (Å²) in [5, 5.41) is 3.42. The second kappa shape index (κ2) is 8.16. The molecule has 138 valence electrons. The molecule has 1 saturated heterocycles. The Hall–Kier alpha value is -2.95. The molecule has 27 heavy (non-hydrogen) atoms. The zero-order chi connectivity index (χ0) is 18.5. The molecule has 4 rings (SSSR count). The Kier molecular flexibility index (Phi) is 5.28. The zero-order valence-corrected chi connectivity index (χ0v) is 15.7. The Labute approximate surface area is 160 Å². The average Bonchev–Trinajstić information content (AvgIpc) is 2.73. The minimum absolute atomic E-state index is 0.641. The van der Waals surface area contributed by atoms with Crippen molar-refractivity contribution >= 4 is 11.8 Å². The molecule has 0 radical (unpaired) electrons. The second-order valence-corrected chi connectivity index (χ2v) is 7.17. The summed E-state index contributed by atoms with van der Waals surface area (Å²) in [4.78, 5) is 16.4. The average molecular weight is 359 g/mol. The van der Waals surface area contributed by atoms with Crippen molar-refractivity contribution in [3.63, 3.8) is 0 Å². The van der Waals surface area contributed by atoms with E-state index in [1.807, 2.05) is 48.7 Å². The molecule has 2 aromatic heterocycles. The van der Waals surface area contributed by atoms with Gasteiger partial charge in [0.1, 0.15) is 5.82 Å². The highest BCUT2D eigenvalue weighted by Gasteiger charge is 2.20. The van der Waals surface area contributed by atoms with E-state index < -0.39 is 0 Å². The van der Waals surface area contributed by atoms with Gasteiger partial charge in [-0.15, -0.1) is 0 Å². The minimum Gasteiger partial charge on any atom is -0.364 e. The first-order chi connectivity index (χ1) is 13.3. The first kappa shape index (κ1) is 17.5. The third-order valence-corrected chi connectivity index (χ3v) is 4.90. The molecule has 1 N–H and O–H groups in total. The quantitative estimate of drug-likeness (QED) is 0.732. The molecule has 3 aromatic rings. The summed E-state index contributed by atoms with van der Waals surface area (Å²) < 4.78 is 0. The van der Waals surface area contributed by atoms with E-state index in [1.54, 1.807) is 0 Å². The molecule has 0 bridgehead atoms. The monoisotopic (exact) mass is 359 g/mol. The Bertz CT molecular complexity index is 866. The van der Waals surface area contributed by atoms with E-state index in [0.29, 0.717) is 12.5 Å². The number of hydrogen-bond acceptors (Lipinski definition) is 5. The normalized spacial score (nSPS) is 16.9. The Morgan fingerprint density at radius 1 is 1.07 bits per heavy atom. The summed E-state index contributed by atoms with van der Waals surface area (Å²) in [6.07, 6.45) is 4.28. The fourth-order valence-electron chi connectivity index (χ4n) is 3.48. The van der Waals surface area contributed by atoms with Gasteiger partial charge < -0.3 is 10.2 Å². The smallest absolute Gasteiger partial charge is 0.227 e. The molecule has 0 aliphatic carbocycles. The van der Waals surface area contributed by atoms with Crippen LogP contribution < -0.4 is 10.2 Å².